The summed E-state index contributed by atoms with van der Waals surface area (Å²) in [5.41, 5.74) is 5.62. The third kappa shape index (κ3) is 3.64. The Morgan fingerprint density at radius 3 is 2.22 bits per heavy atom. The summed E-state index contributed by atoms with van der Waals surface area (Å²) in [4.78, 5) is 2.70. The highest BCUT2D eigenvalue weighted by molar-refractivity contribution is 7.87. The van der Waals surface area contributed by atoms with Crippen LogP contribution in [0.1, 0.15) is 32.1 Å². The number of rotatable bonds is 4. The van der Waals surface area contributed by atoms with Crippen molar-refractivity contribution in [3.8, 4) is 0 Å². The van der Waals surface area contributed by atoms with Gasteiger partial charge in [0.25, 0.3) is 10.2 Å². The Morgan fingerprint density at radius 1 is 1.06 bits per heavy atom. The predicted octanol–water partition coefficient (Wildman–Crippen LogP) is -0.108. The molecule has 0 bridgehead atoms. The number of hydrogen-bond donors (Lipinski definition) is 2. The highest BCUT2D eigenvalue weighted by Crippen LogP contribution is 2.18. The topological polar surface area (TPSA) is 78.7 Å². The Morgan fingerprint density at radius 2 is 1.67 bits per heavy atom. The molecular weight excluding hydrogens is 252 g/mol. The molecule has 0 saturated carbocycles. The number of hydrogen-bond acceptors (Lipinski definition) is 4. The summed E-state index contributed by atoms with van der Waals surface area (Å²) in [6, 6.07) is 0. The van der Waals surface area contributed by atoms with Gasteiger partial charge < -0.3 is 5.73 Å². The number of piperidine rings is 2. The Kier molecular flexibility index (Phi) is 4.97. The monoisotopic (exact) mass is 276 g/mol. The molecule has 106 valence electrons. The van der Waals surface area contributed by atoms with Gasteiger partial charge in [-0.25, -0.2) is 5.01 Å². The number of nitrogens with two attached hydrogens (primary N) is 1. The second-order valence-corrected chi connectivity index (χ2v) is 6.87. The Balaban J connectivity index is 1.86. The van der Waals surface area contributed by atoms with E-state index in [1.165, 1.54) is 6.42 Å². The van der Waals surface area contributed by atoms with E-state index in [1.807, 2.05) is 5.01 Å². The molecular formula is C11H24N4O2S. The smallest absolute Gasteiger partial charge is 0.292 e. The van der Waals surface area contributed by atoms with Crippen LogP contribution in [0.15, 0.2) is 0 Å². The molecule has 0 aliphatic carbocycles. The summed E-state index contributed by atoms with van der Waals surface area (Å²) >= 11 is 0. The van der Waals surface area contributed by atoms with Crippen LogP contribution in [0.2, 0.25) is 0 Å². The average molecular weight is 276 g/mol. The minimum Gasteiger partial charge on any atom is -0.330 e. The van der Waals surface area contributed by atoms with Crippen molar-refractivity contribution in [3.05, 3.63) is 0 Å². The number of hydrazine groups is 1. The molecule has 0 aromatic carbocycles. The highest BCUT2D eigenvalue weighted by atomic mass is 32.2. The molecule has 2 aliphatic heterocycles. The molecule has 0 atom stereocenters. The summed E-state index contributed by atoms with van der Waals surface area (Å²) < 4.78 is 25.9. The fourth-order valence-electron chi connectivity index (χ4n) is 2.59. The first-order chi connectivity index (χ1) is 8.62. The third-order valence-corrected chi connectivity index (χ3v) is 5.38. The SMILES string of the molecule is NCC1CCN(S(=O)(=O)NN2CCCCC2)CC1. The van der Waals surface area contributed by atoms with Gasteiger partial charge in [0.2, 0.25) is 0 Å². The summed E-state index contributed by atoms with van der Waals surface area (Å²) in [6.45, 7) is 3.47. The molecule has 0 unspecified atom stereocenters. The third-order valence-electron chi connectivity index (χ3n) is 3.85. The van der Waals surface area contributed by atoms with Crippen LogP contribution >= 0.6 is 0 Å². The Labute approximate surface area is 110 Å². The molecule has 2 rings (SSSR count). The molecule has 0 aromatic heterocycles. The summed E-state index contributed by atoms with van der Waals surface area (Å²) in [5, 5.41) is 1.83. The van der Waals surface area contributed by atoms with Crippen molar-refractivity contribution in [1.82, 2.24) is 14.1 Å². The van der Waals surface area contributed by atoms with E-state index in [1.54, 1.807) is 4.31 Å². The lowest BCUT2D eigenvalue weighted by molar-refractivity contribution is 0.187. The van der Waals surface area contributed by atoms with E-state index in [0.29, 0.717) is 25.6 Å². The molecule has 6 nitrogen and oxygen atoms in total. The van der Waals surface area contributed by atoms with Crippen LogP contribution in [0.4, 0.5) is 0 Å². The van der Waals surface area contributed by atoms with Crippen LogP contribution in [-0.4, -0.2) is 50.5 Å². The molecule has 0 amide bonds. The molecule has 3 N–H and O–H groups in total. The largest absolute Gasteiger partial charge is 0.330 e. The van der Waals surface area contributed by atoms with Crippen molar-refractivity contribution in [2.75, 3.05) is 32.7 Å². The van der Waals surface area contributed by atoms with Crippen molar-refractivity contribution in [2.45, 2.75) is 32.1 Å². The first-order valence-electron chi connectivity index (χ1n) is 6.84. The minimum atomic E-state index is -3.35. The molecule has 2 heterocycles. The maximum atomic E-state index is 12.2. The Bertz CT molecular complexity index is 346. The molecule has 0 spiro atoms. The van der Waals surface area contributed by atoms with Gasteiger partial charge in [-0.2, -0.15) is 12.7 Å². The standard InChI is InChI=1S/C11H24N4O2S/c12-10-11-4-8-15(9-5-11)18(16,17)13-14-6-2-1-3-7-14/h11,13H,1-10,12H2. The van der Waals surface area contributed by atoms with E-state index >= 15 is 0 Å². The molecule has 0 aromatic rings. The van der Waals surface area contributed by atoms with E-state index in [4.69, 9.17) is 5.73 Å². The van der Waals surface area contributed by atoms with Crippen LogP contribution in [0, 0.1) is 5.92 Å². The van der Waals surface area contributed by atoms with E-state index in [9.17, 15) is 8.42 Å². The van der Waals surface area contributed by atoms with Crippen LogP contribution in [0.5, 0.6) is 0 Å². The summed E-state index contributed by atoms with van der Waals surface area (Å²) in [5.74, 6) is 0.478. The highest BCUT2D eigenvalue weighted by Gasteiger charge is 2.29. The molecule has 0 radical (unpaired) electrons. The first kappa shape index (κ1) is 14.2. The Hall–Kier alpha value is -0.210. The summed E-state index contributed by atoms with van der Waals surface area (Å²) in [6.07, 6.45) is 5.07. The second kappa shape index (κ2) is 6.29. The van der Waals surface area contributed by atoms with Gasteiger partial charge in [0.15, 0.2) is 0 Å². The number of nitrogens with one attached hydrogen (secondary N) is 1. The van der Waals surface area contributed by atoms with Gasteiger partial charge in [0.05, 0.1) is 0 Å². The second-order valence-electron chi connectivity index (χ2n) is 5.22. The minimum absolute atomic E-state index is 0.478. The van der Waals surface area contributed by atoms with Crippen molar-refractivity contribution >= 4 is 10.2 Å². The quantitative estimate of drug-likeness (QED) is 0.751. The summed E-state index contributed by atoms with van der Waals surface area (Å²) in [7, 11) is -3.35. The number of nitrogens with zero attached hydrogens (tertiary/aromatic N) is 2. The van der Waals surface area contributed by atoms with Gasteiger partial charge in [0.1, 0.15) is 0 Å². The zero-order chi connectivity index (χ0) is 13.0. The van der Waals surface area contributed by atoms with Crippen molar-refractivity contribution in [1.29, 1.82) is 0 Å². The van der Waals surface area contributed by atoms with Crippen LogP contribution < -0.4 is 10.6 Å². The zero-order valence-corrected chi connectivity index (χ0v) is 11.7. The normalized spacial score (nSPS) is 25.4. The van der Waals surface area contributed by atoms with Gasteiger partial charge in [-0.05, 0) is 38.1 Å². The predicted molar refractivity (Wildman–Crippen MR) is 70.8 cm³/mol. The first-order valence-corrected chi connectivity index (χ1v) is 8.28. The van der Waals surface area contributed by atoms with Crippen molar-refractivity contribution in [2.24, 2.45) is 11.7 Å². The van der Waals surface area contributed by atoms with Crippen molar-refractivity contribution in [3.63, 3.8) is 0 Å². The molecule has 18 heavy (non-hydrogen) atoms. The lowest BCUT2D eigenvalue weighted by Gasteiger charge is -2.33. The molecule has 7 heteroatoms. The maximum absolute atomic E-state index is 12.2. The lowest BCUT2D eigenvalue weighted by atomic mass is 9.99. The average Bonchev–Trinajstić information content (AvgIpc) is 2.39. The zero-order valence-electron chi connectivity index (χ0n) is 10.8. The van der Waals surface area contributed by atoms with E-state index in [-0.39, 0.29) is 0 Å². The maximum Gasteiger partial charge on any atom is 0.292 e. The molecule has 2 saturated heterocycles. The van der Waals surface area contributed by atoms with Gasteiger partial charge in [-0.1, -0.05) is 6.42 Å². The van der Waals surface area contributed by atoms with E-state index in [2.05, 4.69) is 4.83 Å². The van der Waals surface area contributed by atoms with Crippen LogP contribution in [-0.2, 0) is 10.2 Å². The van der Waals surface area contributed by atoms with Gasteiger partial charge in [-0.3, -0.25) is 0 Å². The van der Waals surface area contributed by atoms with Gasteiger partial charge in [0, 0.05) is 26.2 Å². The molecule has 2 aliphatic rings. The molecule has 2 fully saturated rings. The fraction of sp³-hybridized carbons (Fsp3) is 1.00. The lowest BCUT2D eigenvalue weighted by Crippen LogP contribution is -2.52. The van der Waals surface area contributed by atoms with Crippen LogP contribution in [0.25, 0.3) is 0 Å². The van der Waals surface area contributed by atoms with E-state index in [0.717, 1.165) is 38.8 Å². The fourth-order valence-corrected chi connectivity index (χ4v) is 3.91. The van der Waals surface area contributed by atoms with Crippen molar-refractivity contribution < 1.29 is 8.42 Å². The van der Waals surface area contributed by atoms with Gasteiger partial charge in [-0.15, -0.1) is 4.83 Å². The van der Waals surface area contributed by atoms with E-state index < -0.39 is 10.2 Å². The van der Waals surface area contributed by atoms with Crippen LogP contribution in [0.3, 0.4) is 0 Å². The van der Waals surface area contributed by atoms with Gasteiger partial charge >= 0.3 is 0 Å².